The van der Waals surface area contributed by atoms with Crippen LogP contribution in [0.2, 0.25) is 0 Å². The Morgan fingerprint density at radius 3 is 2.60 bits per heavy atom. The van der Waals surface area contributed by atoms with Gasteiger partial charge in [0, 0.05) is 15.3 Å². The summed E-state index contributed by atoms with van der Waals surface area (Å²) in [6, 6.07) is 7.87. The van der Waals surface area contributed by atoms with Crippen LogP contribution in [0.4, 0.5) is 0 Å². The predicted octanol–water partition coefficient (Wildman–Crippen LogP) is 3.28. The summed E-state index contributed by atoms with van der Waals surface area (Å²) in [6.07, 6.45) is 0.899. The maximum absolute atomic E-state index is 11.6. The van der Waals surface area contributed by atoms with E-state index in [9.17, 15) is 4.79 Å². The lowest BCUT2D eigenvalue weighted by atomic mass is 9.96. The summed E-state index contributed by atoms with van der Waals surface area (Å²) in [5.41, 5.74) is 1.05. The van der Waals surface area contributed by atoms with Gasteiger partial charge in [-0.1, -0.05) is 50.7 Å². The van der Waals surface area contributed by atoms with Crippen molar-refractivity contribution < 1.29 is 9.53 Å². The first-order chi connectivity index (χ1) is 7.20. The molecular weight excluding hydrogens is 371 g/mol. The molecule has 0 spiro atoms. The van der Waals surface area contributed by atoms with Gasteiger partial charge in [0.2, 0.25) is 0 Å². The van der Waals surface area contributed by atoms with Gasteiger partial charge in [0.25, 0.3) is 0 Å². The lowest BCUT2D eigenvalue weighted by Gasteiger charge is -2.05. The lowest BCUT2D eigenvalue weighted by molar-refractivity contribution is -0.141. The number of cyclic esters (lactones) is 1. The molecule has 0 unspecified atom stereocenters. The van der Waals surface area contributed by atoms with E-state index >= 15 is 0 Å². The Bertz CT molecular complexity index is 363. The number of alkyl halides is 1. The number of rotatable bonds is 2. The van der Waals surface area contributed by atoms with Crippen LogP contribution in [0.1, 0.15) is 17.9 Å². The molecule has 0 saturated carbocycles. The molecule has 0 N–H and O–H groups in total. The lowest BCUT2D eigenvalue weighted by Crippen LogP contribution is -2.07. The molecule has 2 nitrogen and oxygen atoms in total. The normalized spacial score (nSPS) is 25.3. The maximum atomic E-state index is 11.6. The fraction of sp³-hybridized carbons (Fsp3) is 0.364. The monoisotopic (exact) mass is 380 g/mol. The van der Waals surface area contributed by atoms with E-state index < -0.39 is 0 Å². The van der Waals surface area contributed by atoms with Crippen molar-refractivity contribution in [1.82, 2.24) is 0 Å². The molecular formula is C11H10BrIO2. The van der Waals surface area contributed by atoms with Crippen molar-refractivity contribution in [2.24, 2.45) is 0 Å². The van der Waals surface area contributed by atoms with Gasteiger partial charge in [-0.3, -0.25) is 4.79 Å². The predicted molar refractivity (Wildman–Crippen MR) is 70.3 cm³/mol. The van der Waals surface area contributed by atoms with E-state index in [2.05, 4.69) is 38.5 Å². The van der Waals surface area contributed by atoms with Crippen LogP contribution in [0.15, 0.2) is 28.7 Å². The molecule has 0 bridgehead atoms. The van der Waals surface area contributed by atoms with Crippen molar-refractivity contribution >= 4 is 44.5 Å². The van der Waals surface area contributed by atoms with E-state index in [4.69, 9.17) is 4.74 Å². The highest BCUT2D eigenvalue weighted by molar-refractivity contribution is 14.1. The molecule has 1 aliphatic heterocycles. The first-order valence-corrected chi connectivity index (χ1v) is 7.04. The Balaban J connectivity index is 2.18. The van der Waals surface area contributed by atoms with Crippen molar-refractivity contribution in [2.75, 3.05) is 4.43 Å². The van der Waals surface area contributed by atoms with Crippen LogP contribution in [0.25, 0.3) is 0 Å². The fourth-order valence-corrected chi connectivity index (χ4v) is 2.52. The van der Waals surface area contributed by atoms with Gasteiger partial charge in [0.1, 0.15) is 6.10 Å². The van der Waals surface area contributed by atoms with Crippen LogP contribution in [-0.4, -0.2) is 16.5 Å². The average molecular weight is 381 g/mol. The molecule has 80 valence electrons. The van der Waals surface area contributed by atoms with Gasteiger partial charge >= 0.3 is 5.97 Å². The SMILES string of the molecule is O=C1O[C@@H](CI)C[C@@H]1c1ccc(Br)cc1. The topological polar surface area (TPSA) is 26.3 Å². The summed E-state index contributed by atoms with van der Waals surface area (Å²) >= 11 is 5.63. The Morgan fingerprint density at radius 1 is 1.40 bits per heavy atom. The van der Waals surface area contributed by atoms with Crippen LogP contribution < -0.4 is 0 Å². The van der Waals surface area contributed by atoms with E-state index in [0.29, 0.717) is 0 Å². The van der Waals surface area contributed by atoms with E-state index in [1.807, 2.05) is 24.3 Å². The third-order valence-corrected chi connectivity index (χ3v) is 4.02. The van der Waals surface area contributed by atoms with Crippen LogP contribution in [-0.2, 0) is 9.53 Å². The minimum absolute atomic E-state index is 0.0714. The highest BCUT2D eigenvalue weighted by Crippen LogP contribution is 2.32. The average Bonchev–Trinajstić information content (AvgIpc) is 2.61. The number of esters is 1. The zero-order valence-corrected chi connectivity index (χ0v) is 11.7. The summed E-state index contributed by atoms with van der Waals surface area (Å²) < 4.78 is 7.15. The molecule has 2 rings (SSSR count). The summed E-state index contributed by atoms with van der Waals surface area (Å²) in [4.78, 5) is 11.6. The second-order valence-electron chi connectivity index (χ2n) is 3.55. The molecule has 15 heavy (non-hydrogen) atoms. The van der Waals surface area contributed by atoms with Crippen LogP contribution in [0.5, 0.6) is 0 Å². The molecule has 0 aliphatic carbocycles. The number of carbonyl (C=O) groups is 1. The molecule has 1 heterocycles. The van der Waals surface area contributed by atoms with Crippen LogP contribution in [0, 0.1) is 0 Å². The first kappa shape index (κ1) is 11.4. The summed E-state index contributed by atoms with van der Waals surface area (Å²) in [6.45, 7) is 0. The van der Waals surface area contributed by atoms with Gasteiger partial charge in [0.15, 0.2) is 0 Å². The number of ether oxygens (including phenoxy) is 1. The number of halogens is 2. The molecule has 0 radical (unpaired) electrons. The van der Waals surface area contributed by atoms with Gasteiger partial charge in [-0.2, -0.15) is 0 Å². The molecule has 1 saturated heterocycles. The Morgan fingerprint density at radius 2 is 2.07 bits per heavy atom. The van der Waals surface area contributed by atoms with Gasteiger partial charge < -0.3 is 4.74 Å². The van der Waals surface area contributed by atoms with Crippen molar-refractivity contribution in [3.05, 3.63) is 34.3 Å². The summed E-state index contributed by atoms with van der Waals surface area (Å²) in [5.74, 6) is -0.156. The third-order valence-electron chi connectivity index (χ3n) is 2.51. The van der Waals surface area contributed by atoms with Crippen LogP contribution >= 0.6 is 38.5 Å². The van der Waals surface area contributed by atoms with Gasteiger partial charge in [-0.25, -0.2) is 0 Å². The Hall–Kier alpha value is -0.100. The van der Waals surface area contributed by atoms with Crippen molar-refractivity contribution in [2.45, 2.75) is 18.4 Å². The number of hydrogen-bond acceptors (Lipinski definition) is 2. The quantitative estimate of drug-likeness (QED) is 0.447. The molecule has 1 aromatic rings. The Kier molecular flexibility index (Phi) is 3.66. The van der Waals surface area contributed by atoms with E-state index in [1.54, 1.807) is 0 Å². The fourth-order valence-electron chi connectivity index (χ4n) is 1.72. The maximum Gasteiger partial charge on any atom is 0.313 e. The minimum atomic E-state index is -0.0843. The molecule has 0 amide bonds. The zero-order valence-electron chi connectivity index (χ0n) is 7.95. The molecule has 2 atom stereocenters. The van der Waals surface area contributed by atoms with E-state index in [0.717, 1.165) is 20.9 Å². The second-order valence-corrected chi connectivity index (χ2v) is 5.35. The Labute approximate surface area is 111 Å². The molecule has 0 aromatic heterocycles. The van der Waals surface area contributed by atoms with Crippen molar-refractivity contribution in [3.8, 4) is 0 Å². The molecule has 1 fully saturated rings. The largest absolute Gasteiger partial charge is 0.461 e. The van der Waals surface area contributed by atoms with Crippen molar-refractivity contribution in [1.29, 1.82) is 0 Å². The van der Waals surface area contributed by atoms with E-state index in [-0.39, 0.29) is 18.0 Å². The van der Waals surface area contributed by atoms with Crippen molar-refractivity contribution in [3.63, 3.8) is 0 Å². The molecule has 1 aromatic carbocycles. The molecule has 1 aliphatic rings. The number of benzene rings is 1. The van der Waals surface area contributed by atoms with Crippen LogP contribution in [0.3, 0.4) is 0 Å². The zero-order chi connectivity index (χ0) is 10.8. The standard InChI is InChI=1S/C11H10BrIO2/c12-8-3-1-7(2-4-8)10-5-9(6-13)15-11(10)14/h1-4,9-10H,5-6H2/t9-,10-/m1/s1. The number of carbonyl (C=O) groups excluding carboxylic acids is 1. The van der Waals surface area contributed by atoms with Gasteiger partial charge in [-0.05, 0) is 17.7 Å². The third kappa shape index (κ3) is 2.53. The highest BCUT2D eigenvalue weighted by atomic mass is 127. The minimum Gasteiger partial charge on any atom is -0.461 e. The summed E-state index contributed by atoms with van der Waals surface area (Å²) in [7, 11) is 0. The summed E-state index contributed by atoms with van der Waals surface area (Å²) in [5, 5.41) is 0. The number of hydrogen-bond donors (Lipinski definition) is 0. The second kappa shape index (κ2) is 4.82. The highest BCUT2D eigenvalue weighted by Gasteiger charge is 2.34. The first-order valence-electron chi connectivity index (χ1n) is 4.72. The van der Waals surface area contributed by atoms with Gasteiger partial charge in [0.05, 0.1) is 5.92 Å². The molecule has 4 heteroatoms. The van der Waals surface area contributed by atoms with E-state index in [1.165, 1.54) is 0 Å². The smallest absolute Gasteiger partial charge is 0.313 e. The van der Waals surface area contributed by atoms with Gasteiger partial charge in [-0.15, -0.1) is 0 Å².